The number of aromatic amines is 2. The Labute approximate surface area is 212 Å². The van der Waals surface area contributed by atoms with E-state index < -0.39 is 0 Å². The summed E-state index contributed by atoms with van der Waals surface area (Å²) in [5, 5.41) is 8.43. The van der Waals surface area contributed by atoms with E-state index in [1.807, 2.05) is 67.5 Å². The highest BCUT2D eigenvalue weighted by Crippen LogP contribution is 2.34. The van der Waals surface area contributed by atoms with Crippen molar-refractivity contribution in [3.63, 3.8) is 0 Å². The van der Waals surface area contributed by atoms with Crippen molar-refractivity contribution < 1.29 is 9.13 Å². The number of nitrogens with zero attached hydrogens (tertiary/aromatic N) is 5. The van der Waals surface area contributed by atoms with E-state index in [-0.39, 0.29) is 5.82 Å². The van der Waals surface area contributed by atoms with Crippen LogP contribution >= 0.6 is 0 Å². The average Bonchev–Trinajstić information content (AvgIpc) is 3.52. The monoisotopic (exact) mass is 493 g/mol. The molecule has 2 N–H and O–H groups in total. The Bertz CT molecular complexity index is 1710. The molecule has 9 heteroatoms. The summed E-state index contributed by atoms with van der Waals surface area (Å²) in [4.78, 5) is 19.1. The zero-order chi connectivity index (χ0) is 25.4. The Kier molecular flexibility index (Phi) is 5.82. The summed E-state index contributed by atoms with van der Waals surface area (Å²) in [6.45, 7) is 1.20. The van der Waals surface area contributed by atoms with Gasteiger partial charge in [0.2, 0.25) is 0 Å². The van der Waals surface area contributed by atoms with Crippen LogP contribution in [0.1, 0.15) is 0 Å². The number of likely N-dealkylation sites (N-methyl/N-ethyl adjacent to an activating group) is 1. The van der Waals surface area contributed by atoms with Gasteiger partial charge in [0.25, 0.3) is 0 Å². The number of hydrogen-bond donors (Lipinski definition) is 2. The van der Waals surface area contributed by atoms with Gasteiger partial charge in [0.15, 0.2) is 0 Å². The van der Waals surface area contributed by atoms with E-state index >= 15 is 0 Å². The van der Waals surface area contributed by atoms with Crippen LogP contribution in [0.4, 0.5) is 4.39 Å². The van der Waals surface area contributed by atoms with Gasteiger partial charge in [-0.25, -0.2) is 14.4 Å². The lowest BCUT2D eigenvalue weighted by Gasteiger charge is -2.12. The maximum atomic E-state index is 14.5. The Morgan fingerprint density at radius 2 is 1.86 bits per heavy atom. The van der Waals surface area contributed by atoms with Crippen LogP contribution in [-0.4, -0.2) is 62.3 Å². The fourth-order valence-electron chi connectivity index (χ4n) is 4.30. The van der Waals surface area contributed by atoms with Crippen LogP contribution in [0.3, 0.4) is 0 Å². The molecule has 1 aromatic carbocycles. The normalized spacial score (nSPS) is 11.6. The lowest BCUT2D eigenvalue weighted by Crippen LogP contribution is -2.19. The first kappa shape index (κ1) is 22.8. The van der Waals surface area contributed by atoms with Gasteiger partial charge in [-0.05, 0) is 73.8 Å². The number of benzene rings is 1. The van der Waals surface area contributed by atoms with Crippen LogP contribution < -0.4 is 4.74 Å². The van der Waals surface area contributed by atoms with Crippen molar-refractivity contribution in [2.75, 3.05) is 27.2 Å². The molecule has 0 unspecified atom stereocenters. The molecule has 0 saturated carbocycles. The van der Waals surface area contributed by atoms with E-state index in [2.05, 4.69) is 25.1 Å². The van der Waals surface area contributed by atoms with E-state index in [1.165, 1.54) is 12.1 Å². The van der Waals surface area contributed by atoms with E-state index in [0.29, 0.717) is 29.3 Å². The lowest BCUT2D eigenvalue weighted by molar-refractivity contribution is 0.260. The maximum absolute atomic E-state index is 14.5. The Balaban J connectivity index is 1.41. The lowest BCUT2D eigenvalue weighted by atomic mass is 10.0. The standard InChI is InChI=1S/C28H24FN7O/c1-36(2)11-12-37-19-14-17(13-18(29)15-19)20-8-10-31-28-21(20)16-25(33-28)27-26-24(34-35-27)7-6-23(32-26)22-5-3-4-9-30-22/h3-10,13-16H,11-12H2,1-2H3,(H,31,33)(H,34,35). The van der Waals surface area contributed by atoms with Gasteiger partial charge in [0.05, 0.1) is 22.6 Å². The molecule has 0 amide bonds. The van der Waals surface area contributed by atoms with Gasteiger partial charge in [-0.1, -0.05) is 6.07 Å². The third-order valence-corrected chi connectivity index (χ3v) is 6.11. The van der Waals surface area contributed by atoms with Crippen LogP contribution in [-0.2, 0) is 0 Å². The highest BCUT2D eigenvalue weighted by atomic mass is 19.1. The second-order valence-corrected chi connectivity index (χ2v) is 9.01. The van der Waals surface area contributed by atoms with Crippen molar-refractivity contribution in [1.82, 2.24) is 35.0 Å². The molecular weight excluding hydrogens is 469 g/mol. The van der Waals surface area contributed by atoms with Crippen LogP contribution in [0.15, 0.2) is 73.1 Å². The first-order valence-electron chi connectivity index (χ1n) is 11.9. The number of fused-ring (bicyclic) bond motifs is 2. The van der Waals surface area contributed by atoms with Crippen molar-refractivity contribution in [1.29, 1.82) is 0 Å². The first-order chi connectivity index (χ1) is 18.0. The molecule has 0 aliphatic rings. The smallest absolute Gasteiger partial charge is 0.138 e. The Hall–Kier alpha value is -4.63. The van der Waals surface area contributed by atoms with Crippen LogP contribution in [0.5, 0.6) is 5.75 Å². The third kappa shape index (κ3) is 4.52. The van der Waals surface area contributed by atoms with Gasteiger partial charge in [-0.3, -0.25) is 10.1 Å². The highest BCUT2D eigenvalue weighted by molar-refractivity contribution is 5.99. The number of aromatic nitrogens is 6. The Morgan fingerprint density at radius 3 is 2.70 bits per heavy atom. The minimum Gasteiger partial charge on any atom is -0.492 e. The molecule has 5 heterocycles. The van der Waals surface area contributed by atoms with Gasteiger partial charge in [0, 0.05) is 30.4 Å². The topological polar surface area (TPSA) is 95.6 Å². The first-order valence-corrected chi connectivity index (χ1v) is 11.9. The molecule has 6 aromatic rings. The molecule has 0 bridgehead atoms. The number of pyridine rings is 3. The molecule has 37 heavy (non-hydrogen) atoms. The fraction of sp³-hybridized carbons (Fsp3) is 0.143. The van der Waals surface area contributed by atoms with E-state index in [4.69, 9.17) is 9.72 Å². The van der Waals surface area contributed by atoms with Crippen molar-refractivity contribution in [2.24, 2.45) is 0 Å². The number of rotatable bonds is 7. The van der Waals surface area contributed by atoms with Gasteiger partial charge in [-0.2, -0.15) is 5.10 Å². The van der Waals surface area contributed by atoms with E-state index in [1.54, 1.807) is 12.4 Å². The summed E-state index contributed by atoms with van der Waals surface area (Å²) in [7, 11) is 3.93. The summed E-state index contributed by atoms with van der Waals surface area (Å²) >= 11 is 0. The Morgan fingerprint density at radius 1 is 0.946 bits per heavy atom. The maximum Gasteiger partial charge on any atom is 0.138 e. The minimum atomic E-state index is -0.359. The third-order valence-electron chi connectivity index (χ3n) is 6.11. The van der Waals surface area contributed by atoms with Crippen LogP contribution in [0.2, 0.25) is 0 Å². The second kappa shape index (κ2) is 9.44. The molecule has 0 aliphatic heterocycles. The highest BCUT2D eigenvalue weighted by Gasteiger charge is 2.17. The molecule has 184 valence electrons. The predicted octanol–water partition coefficient (Wildman–Crippen LogP) is 5.31. The van der Waals surface area contributed by atoms with Gasteiger partial charge in [0.1, 0.15) is 35.0 Å². The fourth-order valence-corrected chi connectivity index (χ4v) is 4.30. The summed E-state index contributed by atoms with van der Waals surface area (Å²) in [6, 6.07) is 18.2. The molecule has 0 saturated heterocycles. The number of halogens is 1. The van der Waals surface area contributed by atoms with Crippen molar-refractivity contribution in [3.8, 4) is 39.7 Å². The zero-order valence-electron chi connectivity index (χ0n) is 20.4. The van der Waals surface area contributed by atoms with Gasteiger partial charge in [-0.15, -0.1) is 0 Å². The zero-order valence-corrected chi connectivity index (χ0v) is 20.4. The molecular formula is C28H24FN7O. The molecule has 0 spiro atoms. The van der Waals surface area contributed by atoms with Crippen molar-refractivity contribution >= 4 is 22.1 Å². The number of nitrogens with one attached hydrogen (secondary N) is 2. The predicted molar refractivity (Wildman–Crippen MR) is 142 cm³/mol. The molecule has 0 aliphatic carbocycles. The molecule has 0 fully saturated rings. The molecule has 8 nitrogen and oxygen atoms in total. The molecule has 0 atom stereocenters. The van der Waals surface area contributed by atoms with Gasteiger partial charge >= 0.3 is 0 Å². The number of H-pyrrole nitrogens is 2. The van der Waals surface area contributed by atoms with Crippen molar-refractivity contribution in [2.45, 2.75) is 0 Å². The number of hydrogen-bond acceptors (Lipinski definition) is 6. The SMILES string of the molecule is CN(C)CCOc1cc(F)cc(-c2ccnc3[nH]c(-c4n[nH]c5ccc(-c6ccccn6)nc45)cc23)c1. The summed E-state index contributed by atoms with van der Waals surface area (Å²) in [5.74, 6) is 0.129. The van der Waals surface area contributed by atoms with E-state index in [9.17, 15) is 4.39 Å². The largest absolute Gasteiger partial charge is 0.492 e. The summed E-state index contributed by atoms with van der Waals surface area (Å²) in [6.07, 6.45) is 3.45. The van der Waals surface area contributed by atoms with Crippen molar-refractivity contribution in [3.05, 3.63) is 78.9 Å². The minimum absolute atomic E-state index is 0.359. The molecule has 0 radical (unpaired) electrons. The molecule has 6 rings (SSSR count). The number of ether oxygens (including phenoxy) is 1. The quantitative estimate of drug-likeness (QED) is 0.313. The van der Waals surface area contributed by atoms with E-state index in [0.717, 1.165) is 45.6 Å². The average molecular weight is 494 g/mol. The molecule has 5 aromatic heterocycles. The summed E-state index contributed by atoms with van der Waals surface area (Å²) < 4.78 is 20.3. The van der Waals surface area contributed by atoms with Gasteiger partial charge < -0.3 is 14.6 Å². The second-order valence-electron chi connectivity index (χ2n) is 9.01. The van der Waals surface area contributed by atoms with Crippen LogP contribution in [0.25, 0.3) is 56.0 Å². The summed E-state index contributed by atoms with van der Waals surface area (Å²) in [5.41, 5.74) is 6.72. The van der Waals surface area contributed by atoms with Crippen LogP contribution in [0, 0.1) is 5.82 Å².